The van der Waals surface area contributed by atoms with Gasteiger partial charge in [0.25, 0.3) is 0 Å². The van der Waals surface area contributed by atoms with Gasteiger partial charge in [-0.25, -0.2) is 4.57 Å². The van der Waals surface area contributed by atoms with Crippen LogP contribution in [0.4, 0.5) is 0 Å². The van der Waals surface area contributed by atoms with E-state index in [0.29, 0.717) is 6.42 Å². The molecule has 0 saturated heterocycles. The molecular formula is C47H83N2O6P. The van der Waals surface area contributed by atoms with Crippen LogP contribution in [0.5, 0.6) is 0 Å². The minimum atomic E-state index is -4.36. The third-order valence-corrected chi connectivity index (χ3v) is 10.2. The Morgan fingerprint density at radius 3 is 1.59 bits per heavy atom. The molecule has 56 heavy (non-hydrogen) atoms. The fraction of sp³-hybridized carbons (Fsp3) is 0.681. The fourth-order valence-electron chi connectivity index (χ4n) is 5.86. The molecule has 0 aliphatic rings. The van der Waals surface area contributed by atoms with Gasteiger partial charge in [-0.05, 0) is 83.5 Å². The van der Waals surface area contributed by atoms with Crippen molar-refractivity contribution in [1.29, 1.82) is 0 Å². The van der Waals surface area contributed by atoms with E-state index in [2.05, 4.69) is 92.1 Å². The van der Waals surface area contributed by atoms with Crippen LogP contribution in [0.2, 0.25) is 0 Å². The number of allylic oxidation sites excluding steroid dienone is 13. The number of nitrogens with two attached hydrogens (primary N) is 1. The van der Waals surface area contributed by atoms with E-state index in [1.54, 1.807) is 6.08 Å². The van der Waals surface area contributed by atoms with Crippen molar-refractivity contribution in [3.8, 4) is 0 Å². The van der Waals surface area contributed by atoms with Gasteiger partial charge in [0, 0.05) is 13.0 Å². The highest BCUT2D eigenvalue weighted by Crippen LogP contribution is 2.43. The lowest BCUT2D eigenvalue weighted by Gasteiger charge is -2.23. The summed E-state index contributed by atoms with van der Waals surface area (Å²) in [5, 5.41) is 13.6. The largest absolute Gasteiger partial charge is 0.472 e. The maximum atomic E-state index is 12.8. The molecule has 3 unspecified atom stereocenters. The van der Waals surface area contributed by atoms with E-state index in [1.165, 1.54) is 70.6 Å². The lowest BCUT2D eigenvalue weighted by Crippen LogP contribution is -2.45. The van der Waals surface area contributed by atoms with E-state index in [9.17, 15) is 19.4 Å². The number of nitrogens with one attached hydrogen (secondary N) is 1. The van der Waals surface area contributed by atoms with E-state index in [1.807, 2.05) is 6.08 Å². The third-order valence-electron chi connectivity index (χ3n) is 9.18. The minimum Gasteiger partial charge on any atom is -0.387 e. The Morgan fingerprint density at radius 2 is 1.05 bits per heavy atom. The van der Waals surface area contributed by atoms with Crippen molar-refractivity contribution in [3.63, 3.8) is 0 Å². The molecule has 3 atom stereocenters. The lowest BCUT2D eigenvalue weighted by molar-refractivity contribution is -0.123. The van der Waals surface area contributed by atoms with Crippen LogP contribution >= 0.6 is 7.82 Å². The van der Waals surface area contributed by atoms with Crippen LogP contribution in [-0.2, 0) is 18.4 Å². The first-order chi connectivity index (χ1) is 27.4. The van der Waals surface area contributed by atoms with Crippen molar-refractivity contribution >= 4 is 13.7 Å². The van der Waals surface area contributed by atoms with Gasteiger partial charge in [0.05, 0.1) is 25.4 Å². The average molecular weight is 803 g/mol. The van der Waals surface area contributed by atoms with Gasteiger partial charge in [-0.15, -0.1) is 0 Å². The van der Waals surface area contributed by atoms with Crippen LogP contribution < -0.4 is 11.1 Å². The van der Waals surface area contributed by atoms with Crippen LogP contribution in [0.25, 0.3) is 0 Å². The molecule has 0 heterocycles. The van der Waals surface area contributed by atoms with Crippen LogP contribution in [0, 0.1) is 0 Å². The van der Waals surface area contributed by atoms with E-state index in [-0.39, 0.29) is 25.7 Å². The van der Waals surface area contributed by atoms with Crippen molar-refractivity contribution in [2.45, 2.75) is 187 Å². The van der Waals surface area contributed by atoms with Crippen molar-refractivity contribution in [2.24, 2.45) is 5.73 Å². The van der Waals surface area contributed by atoms with Gasteiger partial charge in [0.2, 0.25) is 5.91 Å². The maximum Gasteiger partial charge on any atom is 0.472 e. The third kappa shape index (κ3) is 39.9. The Bertz CT molecular complexity index is 1150. The molecule has 0 bridgehead atoms. The van der Waals surface area contributed by atoms with E-state index < -0.39 is 20.0 Å². The smallest absolute Gasteiger partial charge is 0.387 e. The van der Waals surface area contributed by atoms with E-state index in [0.717, 1.165) is 83.5 Å². The number of rotatable bonds is 40. The molecule has 0 aromatic carbocycles. The monoisotopic (exact) mass is 803 g/mol. The molecule has 0 aromatic heterocycles. The Hall–Kier alpha value is -2.32. The zero-order chi connectivity index (χ0) is 41.1. The van der Waals surface area contributed by atoms with Crippen molar-refractivity contribution in [1.82, 2.24) is 5.32 Å². The first kappa shape index (κ1) is 53.7. The van der Waals surface area contributed by atoms with Gasteiger partial charge >= 0.3 is 7.82 Å². The second kappa shape index (κ2) is 42.3. The molecule has 322 valence electrons. The highest BCUT2D eigenvalue weighted by Gasteiger charge is 2.26. The second-order valence-corrected chi connectivity index (χ2v) is 16.0. The first-order valence-electron chi connectivity index (χ1n) is 22.2. The van der Waals surface area contributed by atoms with Crippen LogP contribution in [-0.4, -0.2) is 47.8 Å². The second-order valence-electron chi connectivity index (χ2n) is 14.5. The Kier molecular flexibility index (Phi) is 40.5. The van der Waals surface area contributed by atoms with Gasteiger partial charge in [0.1, 0.15) is 0 Å². The van der Waals surface area contributed by atoms with Gasteiger partial charge in [0.15, 0.2) is 0 Å². The molecule has 0 rings (SSSR count). The normalized spacial score (nSPS) is 14.9. The van der Waals surface area contributed by atoms with Crippen molar-refractivity contribution < 1.29 is 28.4 Å². The summed E-state index contributed by atoms with van der Waals surface area (Å²) in [4.78, 5) is 22.7. The topological polar surface area (TPSA) is 131 Å². The predicted molar refractivity (Wildman–Crippen MR) is 239 cm³/mol. The lowest BCUT2D eigenvalue weighted by atomic mass is 10.1. The Balaban J connectivity index is 4.29. The molecule has 8 nitrogen and oxygen atoms in total. The molecule has 9 heteroatoms. The maximum absolute atomic E-state index is 12.8. The summed E-state index contributed by atoms with van der Waals surface area (Å²) >= 11 is 0. The predicted octanol–water partition coefficient (Wildman–Crippen LogP) is 12.6. The number of hydrogen-bond acceptors (Lipinski definition) is 6. The molecule has 0 saturated carbocycles. The number of aliphatic hydroxyl groups is 1. The summed E-state index contributed by atoms with van der Waals surface area (Å²) in [5.74, 6) is -0.221. The highest BCUT2D eigenvalue weighted by atomic mass is 31.2. The number of carbonyl (C=O) groups excluding carboxylic acids is 1. The average Bonchev–Trinajstić information content (AvgIpc) is 3.19. The molecule has 1 amide bonds. The molecule has 5 N–H and O–H groups in total. The van der Waals surface area contributed by atoms with E-state index >= 15 is 0 Å². The fourth-order valence-corrected chi connectivity index (χ4v) is 6.62. The summed E-state index contributed by atoms with van der Waals surface area (Å²) < 4.78 is 22.1. The molecule has 0 aliphatic carbocycles. The Labute approximate surface area is 343 Å². The van der Waals surface area contributed by atoms with Crippen LogP contribution in [0.3, 0.4) is 0 Å². The van der Waals surface area contributed by atoms with Gasteiger partial charge in [-0.2, -0.15) is 0 Å². The van der Waals surface area contributed by atoms with Gasteiger partial charge in [-0.1, -0.05) is 170 Å². The summed E-state index contributed by atoms with van der Waals surface area (Å²) in [6.45, 7) is 3.96. The number of phosphoric ester groups is 1. The van der Waals surface area contributed by atoms with E-state index in [4.69, 9.17) is 14.8 Å². The van der Waals surface area contributed by atoms with Gasteiger partial charge in [-0.3, -0.25) is 13.8 Å². The standard InChI is InChI=1S/C47H83N2O6P/c1-3-5-7-9-11-13-15-17-19-21-22-23-24-25-27-29-31-33-35-37-39-41-47(51)49-45(44-55-56(52,53)54-43-42-48)46(50)40-38-36-34-32-30-28-26-20-18-16-14-12-10-8-6-4-2/h5,7,11,13,17-20,22-23,30,32,38,40,45-46,50H,3-4,6,8-10,12,14-16,21,24-29,31,33-37,39,41-44,48H2,1-2H3,(H,49,51)(H,52,53)/b7-5-,13-11-,19-17-,20-18+,23-22-,32-30+,40-38+. The molecule has 0 radical (unpaired) electrons. The molecule has 0 aromatic rings. The Morgan fingerprint density at radius 1 is 0.607 bits per heavy atom. The molecule has 0 spiro atoms. The minimum absolute atomic E-state index is 0.0660. The number of aliphatic hydroxyl groups excluding tert-OH is 1. The van der Waals surface area contributed by atoms with Crippen LogP contribution in [0.15, 0.2) is 85.1 Å². The highest BCUT2D eigenvalue weighted by molar-refractivity contribution is 7.47. The van der Waals surface area contributed by atoms with Crippen LogP contribution in [0.1, 0.15) is 174 Å². The summed E-state index contributed by atoms with van der Waals surface area (Å²) in [5.41, 5.74) is 5.37. The zero-order valence-electron chi connectivity index (χ0n) is 35.6. The SMILES string of the molecule is CC/C=C\C/C=C\C/C=C\C/C=C\CCCCCCCCCCC(=O)NC(COP(=O)(O)OCCN)C(O)/C=C/CC/C=C/CC/C=C/CCCCCCCC. The number of carbonyl (C=O) groups is 1. The zero-order valence-corrected chi connectivity index (χ0v) is 36.5. The van der Waals surface area contributed by atoms with Crippen molar-refractivity contribution in [3.05, 3.63) is 85.1 Å². The number of unbranched alkanes of at least 4 members (excludes halogenated alkanes) is 16. The molecule has 0 aliphatic heterocycles. The molecular weight excluding hydrogens is 719 g/mol. The number of hydrogen-bond donors (Lipinski definition) is 4. The summed E-state index contributed by atoms with van der Waals surface area (Å²) in [7, 11) is -4.36. The van der Waals surface area contributed by atoms with Crippen molar-refractivity contribution in [2.75, 3.05) is 19.8 Å². The summed E-state index contributed by atoms with van der Waals surface area (Å²) in [6.07, 6.45) is 56.3. The van der Waals surface area contributed by atoms with Gasteiger partial charge < -0.3 is 21.1 Å². The molecule has 0 fully saturated rings. The first-order valence-corrected chi connectivity index (χ1v) is 23.7. The quantitative estimate of drug-likeness (QED) is 0.0276. The summed E-state index contributed by atoms with van der Waals surface area (Å²) in [6, 6.07) is -0.893. The number of amides is 1. The number of phosphoric acid groups is 1.